The van der Waals surface area contributed by atoms with Crippen molar-refractivity contribution in [1.29, 1.82) is 0 Å². The van der Waals surface area contributed by atoms with Gasteiger partial charge in [-0.1, -0.05) is 7.43 Å². The molecule has 0 fully saturated rings. The molecule has 0 unspecified atom stereocenters. The first-order chi connectivity index (χ1) is 3.71. The Labute approximate surface area is 71.7 Å². The van der Waals surface area contributed by atoms with E-state index < -0.39 is 15.9 Å². The van der Waals surface area contributed by atoms with Crippen molar-refractivity contribution in [2.45, 2.75) is 40.2 Å². The van der Waals surface area contributed by atoms with E-state index in [1.807, 2.05) is 13.1 Å². The van der Waals surface area contributed by atoms with Crippen molar-refractivity contribution >= 4 is 27.0 Å². The summed E-state index contributed by atoms with van der Waals surface area (Å²) >= 11 is 5.97. The summed E-state index contributed by atoms with van der Waals surface area (Å²) in [5.41, 5.74) is 0. The number of halogens is 1. The van der Waals surface area contributed by atoms with Crippen LogP contribution in [0.25, 0.3) is 0 Å². The monoisotopic (exact) mass is 198 g/mol. The third-order valence-corrected chi connectivity index (χ3v) is 5.63. The highest BCUT2D eigenvalue weighted by atomic mass is 35.6. The Balaban J connectivity index is 0. The maximum atomic E-state index is 5.97. The Kier molecular flexibility index (Phi) is 5.18. The highest BCUT2D eigenvalue weighted by Crippen LogP contribution is 2.16. The maximum Gasteiger partial charge on any atom is 0.274 e. The molecule has 4 heteroatoms. The van der Waals surface area contributed by atoms with Gasteiger partial charge in [0.15, 0.2) is 8.32 Å². The standard InChI is InChI=1S/C5H15ClOSi2.CH4/c1-8(2,3)7-9(4,5)6;/h1-5H3;1H4. The highest BCUT2D eigenvalue weighted by Gasteiger charge is 2.26. The summed E-state index contributed by atoms with van der Waals surface area (Å²) in [6.45, 7) is 10.5. The van der Waals surface area contributed by atoms with E-state index in [2.05, 4.69) is 19.6 Å². The van der Waals surface area contributed by atoms with Crippen molar-refractivity contribution in [2.24, 2.45) is 0 Å². The van der Waals surface area contributed by atoms with E-state index >= 15 is 0 Å². The average Bonchev–Trinajstić information content (AvgIpc) is 1.14. The molecule has 0 atom stereocenters. The van der Waals surface area contributed by atoms with Crippen LogP contribution in [0.4, 0.5) is 0 Å². The van der Waals surface area contributed by atoms with E-state index in [0.29, 0.717) is 0 Å². The second kappa shape index (κ2) is 3.90. The second-order valence-corrected chi connectivity index (χ2v) is 14.1. The molecule has 0 saturated carbocycles. The summed E-state index contributed by atoms with van der Waals surface area (Å²) in [5, 5.41) is 0. The molecule has 0 amide bonds. The number of hydrogen-bond acceptors (Lipinski definition) is 1. The molecule has 10 heavy (non-hydrogen) atoms. The van der Waals surface area contributed by atoms with Crippen molar-refractivity contribution in [3.05, 3.63) is 0 Å². The van der Waals surface area contributed by atoms with Crippen molar-refractivity contribution in [3.63, 3.8) is 0 Å². The van der Waals surface area contributed by atoms with Gasteiger partial charge in [0.25, 0.3) is 7.63 Å². The SMILES string of the molecule is C.C[Si](C)(C)O[Si](C)(C)Cl. The van der Waals surface area contributed by atoms with E-state index in [9.17, 15) is 0 Å². The molecular formula is C6H19ClOSi2. The highest BCUT2D eigenvalue weighted by molar-refractivity contribution is 7.17. The van der Waals surface area contributed by atoms with Gasteiger partial charge in [-0.2, -0.15) is 0 Å². The fourth-order valence-electron chi connectivity index (χ4n) is 0.728. The fourth-order valence-corrected chi connectivity index (χ4v) is 8.64. The van der Waals surface area contributed by atoms with Crippen LogP contribution in [0.15, 0.2) is 0 Å². The summed E-state index contributed by atoms with van der Waals surface area (Å²) < 4.78 is 5.67. The lowest BCUT2D eigenvalue weighted by atomic mass is 11.8. The average molecular weight is 199 g/mol. The second-order valence-electron chi connectivity index (χ2n) is 3.58. The number of rotatable bonds is 2. The third kappa shape index (κ3) is 11.5. The molecule has 0 rings (SSSR count). The van der Waals surface area contributed by atoms with Gasteiger partial charge in [-0.3, -0.25) is 0 Å². The molecule has 0 N–H and O–H groups in total. The zero-order chi connectivity index (χ0) is 7.71. The van der Waals surface area contributed by atoms with Crippen molar-refractivity contribution < 1.29 is 4.12 Å². The lowest BCUT2D eigenvalue weighted by Gasteiger charge is -2.25. The first kappa shape index (κ1) is 13.3. The van der Waals surface area contributed by atoms with Crippen LogP contribution in [0, 0.1) is 0 Å². The van der Waals surface area contributed by atoms with Gasteiger partial charge in [0, 0.05) is 0 Å². The normalized spacial score (nSPS) is 12.6. The summed E-state index contributed by atoms with van der Waals surface area (Å²) in [5.74, 6) is 0. The molecule has 0 aliphatic rings. The van der Waals surface area contributed by atoms with Crippen LogP contribution in [0.2, 0.25) is 32.7 Å². The van der Waals surface area contributed by atoms with Gasteiger partial charge in [-0.25, -0.2) is 0 Å². The number of hydrogen-bond donors (Lipinski definition) is 0. The lowest BCUT2D eigenvalue weighted by Crippen LogP contribution is -2.37. The molecule has 0 spiro atoms. The fraction of sp³-hybridized carbons (Fsp3) is 1.00. The Morgan fingerprint density at radius 2 is 1.30 bits per heavy atom. The smallest absolute Gasteiger partial charge is 0.274 e. The predicted molar refractivity (Wildman–Crippen MR) is 54.5 cm³/mol. The molecule has 0 saturated heterocycles. The van der Waals surface area contributed by atoms with E-state index in [1.165, 1.54) is 0 Å². The van der Waals surface area contributed by atoms with E-state index in [0.717, 1.165) is 0 Å². The zero-order valence-corrected chi connectivity index (χ0v) is 9.54. The van der Waals surface area contributed by atoms with E-state index in [-0.39, 0.29) is 7.43 Å². The maximum absolute atomic E-state index is 5.97. The minimum absolute atomic E-state index is 0. The molecule has 0 aliphatic heterocycles. The Morgan fingerprint density at radius 1 is 1.00 bits per heavy atom. The van der Waals surface area contributed by atoms with Crippen LogP contribution in [0.5, 0.6) is 0 Å². The van der Waals surface area contributed by atoms with Crippen molar-refractivity contribution in [2.75, 3.05) is 0 Å². The molecule has 64 valence electrons. The van der Waals surface area contributed by atoms with Gasteiger partial charge in [0.05, 0.1) is 0 Å². The molecular weight excluding hydrogens is 180 g/mol. The molecule has 0 bridgehead atoms. The van der Waals surface area contributed by atoms with Gasteiger partial charge in [-0.05, 0) is 32.7 Å². The van der Waals surface area contributed by atoms with Gasteiger partial charge in [0.1, 0.15) is 0 Å². The first-order valence-electron chi connectivity index (χ1n) is 3.10. The quantitative estimate of drug-likeness (QED) is 0.488. The van der Waals surface area contributed by atoms with Crippen LogP contribution in [0.3, 0.4) is 0 Å². The molecule has 0 heterocycles. The first-order valence-corrected chi connectivity index (χ1v) is 10.4. The predicted octanol–water partition coefficient (Wildman–Crippen LogP) is 3.41. The molecule has 1 nitrogen and oxygen atoms in total. The van der Waals surface area contributed by atoms with E-state index in [1.54, 1.807) is 0 Å². The Bertz CT molecular complexity index is 80.9. The zero-order valence-electron chi connectivity index (χ0n) is 6.79. The van der Waals surface area contributed by atoms with Crippen molar-refractivity contribution in [1.82, 2.24) is 0 Å². The minimum atomic E-state index is -1.76. The molecule has 0 aliphatic carbocycles. The molecule has 0 aromatic carbocycles. The van der Waals surface area contributed by atoms with Crippen molar-refractivity contribution in [3.8, 4) is 0 Å². The Hall–Kier alpha value is 0.684. The summed E-state index contributed by atoms with van der Waals surface area (Å²) in [6, 6.07) is 0. The van der Waals surface area contributed by atoms with Crippen LogP contribution in [-0.4, -0.2) is 15.9 Å². The minimum Gasteiger partial charge on any atom is -0.445 e. The van der Waals surface area contributed by atoms with Gasteiger partial charge in [-0.15, -0.1) is 11.1 Å². The molecule has 0 radical (unpaired) electrons. The molecule has 0 aromatic heterocycles. The third-order valence-electron chi connectivity index (χ3n) is 0.549. The van der Waals surface area contributed by atoms with Crippen LogP contribution >= 0.6 is 11.1 Å². The topological polar surface area (TPSA) is 9.23 Å². The van der Waals surface area contributed by atoms with Gasteiger partial charge < -0.3 is 4.12 Å². The van der Waals surface area contributed by atoms with Crippen LogP contribution in [0.1, 0.15) is 7.43 Å². The van der Waals surface area contributed by atoms with Crippen LogP contribution in [-0.2, 0) is 4.12 Å². The van der Waals surface area contributed by atoms with E-state index in [4.69, 9.17) is 15.2 Å². The lowest BCUT2D eigenvalue weighted by molar-refractivity contribution is 0.574. The van der Waals surface area contributed by atoms with Gasteiger partial charge in [0.2, 0.25) is 0 Å². The summed E-state index contributed by atoms with van der Waals surface area (Å²) in [6.07, 6.45) is 0. The summed E-state index contributed by atoms with van der Waals surface area (Å²) in [7, 11) is -3.12. The van der Waals surface area contributed by atoms with Gasteiger partial charge >= 0.3 is 0 Å². The summed E-state index contributed by atoms with van der Waals surface area (Å²) in [4.78, 5) is 0. The molecule has 0 aromatic rings. The Morgan fingerprint density at radius 3 is 1.30 bits per heavy atom. The largest absolute Gasteiger partial charge is 0.445 e. The van der Waals surface area contributed by atoms with Crippen LogP contribution < -0.4 is 0 Å².